The van der Waals surface area contributed by atoms with Gasteiger partial charge in [0.05, 0.1) is 15.7 Å². The summed E-state index contributed by atoms with van der Waals surface area (Å²) in [4.78, 5) is 18.3. The van der Waals surface area contributed by atoms with Crippen LogP contribution >= 0.6 is 15.9 Å². The van der Waals surface area contributed by atoms with E-state index in [2.05, 4.69) is 15.9 Å². The Morgan fingerprint density at radius 1 is 1.24 bits per heavy atom. The molecule has 0 aliphatic carbocycles. The molecule has 0 bridgehead atoms. The van der Waals surface area contributed by atoms with Crippen LogP contribution in [0.25, 0.3) is 5.65 Å². The quantitative estimate of drug-likeness (QED) is 0.713. The Hall–Kier alpha value is -2.34. The molecule has 1 aromatic carbocycles. The standard InChI is InChI=1S/C19H18BrN3O2/c20-15-8-4-10-22-13-16(21-17(15)22)19(9-5-11-23(19)18(24)25)12-14-6-2-1-3-7-14/h1-4,6-8,10,13H,5,9,11-12H2,(H,24,25)/t19-/m0/s1. The number of hydrogen-bond donors (Lipinski definition) is 1. The van der Waals surface area contributed by atoms with Gasteiger partial charge in [-0.2, -0.15) is 0 Å². The third-order valence-electron chi connectivity index (χ3n) is 4.97. The highest BCUT2D eigenvalue weighted by molar-refractivity contribution is 9.10. The van der Waals surface area contributed by atoms with Crippen LogP contribution in [0.2, 0.25) is 0 Å². The van der Waals surface area contributed by atoms with Crippen LogP contribution < -0.4 is 0 Å². The number of benzene rings is 1. The Balaban J connectivity index is 1.87. The van der Waals surface area contributed by atoms with Gasteiger partial charge in [0.25, 0.3) is 0 Å². The number of aromatic nitrogens is 2. The number of amides is 1. The summed E-state index contributed by atoms with van der Waals surface area (Å²) < 4.78 is 2.85. The molecule has 0 saturated carbocycles. The van der Waals surface area contributed by atoms with Crippen LogP contribution in [-0.4, -0.2) is 32.0 Å². The number of likely N-dealkylation sites (tertiary alicyclic amines) is 1. The van der Waals surface area contributed by atoms with E-state index in [1.165, 1.54) is 0 Å². The summed E-state index contributed by atoms with van der Waals surface area (Å²) in [6, 6.07) is 13.9. The first-order chi connectivity index (χ1) is 12.1. The molecule has 1 aliphatic heterocycles. The number of fused-ring (bicyclic) bond motifs is 1. The van der Waals surface area contributed by atoms with Crippen molar-refractivity contribution < 1.29 is 9.90 Å². The fourth-order valence-electron chi connectivity index (χ4n) is 3.83. The molecule has 3 aromatic rings. The number of hydrogen-bond acceptors (Lipinski definition) is 2. The number of carbonyl (C=O) groups is 1. The van der Waals surface area contributed by atoms with Crippen LogP contribution in [0.1, 0.15) is 24.1 Å². The van der Waals surface area contributed by atoms with E-state index in [0.717, 1.165) is 34.2 Å². The summed E-state index contributed by atoms with van der Waals surface area (Å²) in [5.74, 6) is 0. The average molecular weight is 400 g/mol. The lowest BCUT2D eigenvalue weighted by Gasteiger charge is -2.35. The molecule has 0 unspecified atom stereocenters. The first kappa shape index (κ1) is 16.1. The zero-order valence-corrected chi connectivity index (χ0v) is 15.2. The third kappa shape index (κ3) is 2.70. The zero-order valence-electron chi connectivity index (χ0n) is 13.6. The van der Waals surface area contributed by atoms with Gasteiger partial charge in [-0.05, 0) is 46.5 Å². The van der Waals surface area contributed by atoms with E-state index in [1.807, 2.05) is 59.3 Å². The van der Waals surface area contributed by atoms with Crippen molar-refractivity contribution in [3.63, 3.8) is 0 Å². The Labute approximate surface area is 154 Å². The highest BCUT2D eigenvalue weighted by Gasteiger charge is 2.47. The lowest BCUT2D eigenvalue weighted by atomic mass is 9.85. The predicted molar refractivity (Wildman–Crippen MR) is 98.7 cm³/mol. The summed E-state index contributed by atoms with van der Waals surface area (Å²) >= 11 is 3.53. The topological polar surface area (TPSA) is 57.8 Å². The van der Waals surface area contributed by atoms with Gasteiger partial charge in [-0.3, -0.25) is 4.90 Å². The molecule has 0 spiro atoms. The van der Waals surface area contributed by atoms with Gasteiger partial charge in [0, 0.05) is 25.4 Å². The second-order valence-electron chi connectivity index (χ2n) is 6.44. The van der Waals surface area contributed by atoms with Crippen LogP contribution in [0, 0.1) is 0 Å². The van der Waals surface area contributed by atoms with E-state index in [0.29, 0.717) is 13.0 Å². The lowest BCUT2D eigenvalue weighted by Crippen LogP contribution is -2.46. The summed E-state index contributed by atoms with van der Waals surface area (Å²) in [5, 5.41) is 9.80. The number of imidazole rings is 1. The van der Waals surface area contributed by atoms with Crippen molar-refractivity contribution in [2.75, 3.05) is 6.54 Å². The van der Waals surface area contributed by atoms with E-state index in [9.17, 15) is 9.90 Å². The summed E-state index contributed by atoms with van der Waals surface area (Å²) in [7, 11) is 0. The Morgan fingerprint density at radius 2 is 2.04 bits per heavy atom. The van der Waals surface area contributed by atoms with Gasteiger partial charge in [-0.15, -0.1) is 0 Å². The molecule has 3 heterocycles. The maximum Gasteiger partial charge on any atom is 0.408 e. The van der Waals surface area contributed by atoms with Gasteiger partial charge < -0.3 is 9.51 Å². The van der Waals surface area contributed by atoms with Gasteiger partial charge in [-0.25, -0.2) is 9.78 Å². The molecule has 1 N–H and O–H groups in total. The van der Waals surface area contributed by atoms with Crippen molar-refractivity contribution in [3.05, 3.63) is 70.6 Å². The van der Waals surface area contributed by atoms with Gasteiger partial charge in [0.1, 0.15) is 0 Å². The molecule has 128 valence electrons. The molecule has 0 radical (unpaired) electrons. The van der Waals surface area contributed by atoms with Crippen LogP contribution in [0.15, 0.2) is 59.3 Å². The van der Waals surface area contributed by atoms with E-state index in [4.69, 9.17) is 4.98 Å². The number of pyridine rings is 1. The van der Waals surface area contributed by atoms with Crippen LogP contribution in [0.3, 0.4) is 0 Å². The number of halogens is 1. The summed E-state index contributed by atoms with van der Waals surface area (Å²) in [5.41, 5.74) is 2.11. The molecule has 1 saturated heterocycles. The van der Waals surface area contributed by atoms with Crippen molar-refractivity contribution in [1.82, 2.24) is 14.3 Å². The molecule has 4 rings (SSSR count). The van der Waals surface area contributed by atoms with Crippen molar-refractivity contribution in [2.24, 2.45) is 0 Å². The first-order valence-electron chi connectivity index (χ1n) is 8.28. The molecule has 6 heteroatoms. The lowest BCUT2D eigenvalue weighted by molar-refractivity contribution is 0.0985. The van der Waals surface area contributed by atoms with Gasteiger partial charge in [0.15, 0.2) is 5.65 Å². The molecule has 1 atom stereocenters. The highest BCUT2D eigenvalue weighted by atomic mass is 79.9. The maximum absolute atomic E-state index is 11.9. The fraction of sp³-hybridized carbons (Fsp3) is 0.263. The average Bonchev–Trinajstić information content (AvgIpc) is 3.21. The van der Waals surface area contributed by atoms with E-state index < -0.39 is 11.6 Å². The number of rotatable bonds is 3. The molecule has 1 aliphatic rings. The predicted octanol–water partition coefficient (Wildman–Crippen LogP) is 4.31. The van der Waals surface area contributed by atoms with Crippen molar-refractivity contribution in [3.8, 4) is 0 Å². The normalized spacial score (nSPS) is 20.3. The van der Waals surface area contributed by atoms with E-state index >= 15 is 0 Å². The van der Waals surface area contributed by atoms with Crippen molar-refractivity contribution >= 4 is 27.7 Å². The molecule has 25 heavy (non-hydrogen) atoms. The zero-order chi connectivity index (χ0) is 17.4. The second kappa shape index (κ2) is 6.19. The minimum Gasteiger partial charge on any atom is -0.465 e. The number of carboxylic acid groups (broad SMARTS) is 1. The molecule has 2 aromatic heterocycles. The number of nitrogens with zero attached hydrogens (tertiary/aromatic N) is 3. The smallest absolute Gasteiger partial charge is 0.408 e. The van der Waals surface area contributed by atoms with Crippen LogP contribution in [0.5, 0.6) is 0 Å². The maximum atomic E-state index is 11.9. The van der Waals surface area contributed by atoms with Crippen molar-refractivity contribution in [2.45, 2.75) is 24.8 Å². The van der Waals surface area contributed by atoms with Crippen LogP contribution in [-0.2, 0) is 12.0 Å². The summed E-state index contributed by atoms with van der Waals surface area (Å²) in [6.07, 6.45) is 5.26. The van der Waals surface area contributed by atoms with E-state index in [1.54, 1.807) is 4.90 Å². The molecule has 1 amide bonds. The summed E-state index contributed by atoms with van der Waals surface area (Å²) in [6.45, 7) is 0.539. The Bertz CT molecular complexity index is 925. The highest BCUT2D eigenvalue weighted by Crippen LogP contribution is 2.41. The largest absolute Gasteiger partial charge is 0.465 e. The van der Waals surface area contributed by atoms with Gasteiger partial charge in [0.2, 0.25) is 0 Å². The minimum atomic E-state index is -0.885. The Morgan fingerprint density at radius 3 is 2.76 bits per heavy atom. The second-order valence-corrected chi connectivity index (χ2v) is 7.30. The SMILES string of the molecule is O=C(O)N1CCC[C@]1(Cc1ccccc1)c1cn2cccc(Br)c2n1. The Kier molecular flexibility index (Phi) is 4.00. The molecular weight excluding hydrogens is 382 g/mol. The minimum absolute atomic E-state index is 0.539. The third-order valence-corrected chi connectivity index (χ3v) is 5.59. The molecule has 1 fully saturated rings. The van der Waals surface area contributed by atoms with Crippen molar-refractivity contribution in [1.29, 1.82) is 0 Å². The molecular formula is C19H18BrN3O2. The monoisotopic (exact) mass is 399 g/mol. The van der Waals surface area contributed by atoms with Gasteiger partial charge in [-0.1, -0.05) is 30.3 Å². The molecule has 5 nitrogen and oxygen atoms in total. The fourth-order valence-corrected chi connectivity index (χ4v) is 4.28. The van der Waals surface area contributed by atoms with Crippen LogP contribution in [0.4, 0.5) is 4.79 Å². The van der Waals surface area contributed by atoms with E-state index in [-0.39, 0.29) is 0 Å². The first-order valence-corrected chi connectivity index (χ1v) is 9.08. The van der Waals surface area contributed by atoms with Gasteiger partial charge >= 0.3 is 6.09 Å².